The highest BCUT2D eigenvalue weighted by atomic mass is 35.5. The maximum absolute atomic E-state index is 14.2. The molecule has 0 spiro atoms. The zero-order valence-electron chi connectivity index (χ0n) is 17.3. The highest BCUT2D eigenvalue weighted by Crippen LogP contribution is 2.31. The Balaban J connectivity index is 1.49. The Morgan fingerprint density at radius 1 is 0.788 bits per heavy atom. The van der Waals surface area contributed by atoms with E-state index in [0.29, 0.717) is 27.8 Å². The third-order valence-electron chi connectivity index (χ3n) is 5.15. The number of pyridine rings is 1. The molecule has 0 fully saturated rings. The predicted molar refractivity (Wildman–Crippen MR) is 132 cm³/mol. The molecule has 0 bridgehead atoms. The summed E-state index contributed by atoms with van der Waals surface area (Å²) in [5.41, 5.74) is 16.7. The molecule has 0 atom stereocenters. The fourth-order valence-electron chi connectivity index (χ4n) is 3.58. The van der Waals surface area contributed by atoms with Gasteiger partial charge in [-0.25, -0.2) is 14.4 Å². The fraction of sp³-hybridized carbons (Fsp3) is 0. The number of fused-ring (bicyclic) bond motifs is 1. The van der Waals surface area contributed by atoms with Gasteiger partial charge in [-0.15, -0.1) is 0 Å². The number of nitrogens with zero attached hydrogens (tertiary/aromatic N) is 3. The van der Waals surface area contributed by atoms with Crippen LogP contribution in [-0.2, 0) is 0 Å². The van der Waals surface area contributed by atoms with Crippen LogP contribution < -0.4 is 16.8 Å². The SMILES string of the molecule is Nc1nc(Nc2ccc3nc(-c4ccc(Cl)cc4)cc(N)c3c2)cc(-c2ccccc2F)n1. The third-order valence-corrected chi connectivity index (χ3v) is 5.40. The van der Waals surface area contributed by atoms with Gasteiger partial charge >= 0.3 is 0 Å². The molecule has 5 rings (SSSR count). The Morgan fingerprint density at radius 2 is 1.58 bits per heavy atom. The Labute approximate surface area is 194 Å². The standard InChI is InChI=1S/C25H18ClFN6/c26-15-7-5-14(6-8-15)22-12-20(28)18-11-16(9-10-21(18)31-22)30-24-13-23(32-25(29)33-24)17-3-1-2-4-19(17)27/h1-13H,(H2,28,31)(H3,29,30,32,33). The minimum atomic E-state index is -0.386. The van der Waals surface area contributed by atoms with Crippen LogP contribution in [0.15, 0.2) is 78.9 Å². The number of nitrogens with two attached hydrogens (primary N) is 2. The maximum atomic E-state index is 14.2. The van der Waals surface area contributed by atoms with Crippen molar-refractivity contribution in [3.05, 3.63) is 89.7 Å². The molecule has 0 saturated carbocycles. The van der Waals surface area contributed by atoms with Gasteiger partial charge in [0.25, 0.3) is 0 Å². The Bertz CT molecular complexity index is 1490. The molecule has 3 aromatic carbocycles. The van der Waals surface area contributed by atoms with Crippen LogP contribution in [0.1, 0.15) is 0 Å². The van der Waals surface area contributed by atoms with Crippen LogP contribution in [0.4, 0.5) is 27.5 Å². The van der Waals surface area contributed by atoms with Gasteiger partial charge in [-0.2, -0.15) is 4.98 Å². The van der Waals surface area contributed by atoms with Crippen molar-refractivity contribution in [3.63, 3.8) is 0 Å². The largest absolute Gasteiger partial charge is 0.398 e. The van der Waals surface area contributed by atoms with Crippen LogP contribution >= 0.6 is 11.6 Å². The molecule has 5 aromatic rings. The normalized spacial score (nSPS) is 11.0. The van der Waals surface area contributed by atoms with Crippen molar-refractivity contribution in [1.82, 2.24) is 15.0 Å². The van der Waals surface area contributed by atoms with Crippen LogP contribution in [0.2, 0.25) is 5.02 Å². The lowest BCUT2D eigenvalue weighted by Gasteiger charge is -2.11. The van der Waals surface area contributed by atoms with E-state index in [0.717, 1.165) is 27.8 Å². The first-order valence-corrected chi connectivity index (χ1v) is 10.5. The lowest BCUT2D eigenvalue weighted by atomic mass is 10.1. The minimum absolute atomic E-state index is 0.0350. The number of hydrogen-bond acceptors (Lipinski definition) is 6. The van der Waals surface area contributed by atoms with E-state index in [-0.39, 0.29) is 11.8 Å². The number of nitrogen functional groups attached to an aromatic ring is 2. The van der Waals surface area contributed by atoms with Gasteiger partial charge in [0, 0.05) is 39.0 Å². The van der Waals surface area contributed by atoms with E-state index in [1.54, 1.807) is 24.3 Å². The quantitative estimate of drug-likeness (QED) is 0.304. The summed E-state index contributed by atoms with van der Waals surface area (Å²) in [6.07, 6.45) is 0. The molecule has 0 aliphatic carbocycles. The summed E-state index contributed by atoms with van der Waals surface area (Å²) >= 11 is 5.98. The highest BCUT2D eigenvalue weighted by molar-refractivity contribution is 6.30. The summed E-state index contributed by atoms with van der Waals surface area (Å²) in [4.78, 5) is 13.1. The molecule has 6 nitrogen and oxygen atoms in total. The lowest BCUT2D eigenvalue weighted by Crippen LogP contribution is -2.02. The summed E-state index contributed by atoms with van der Waals surface area (Å²) < 4.78 is 14.2. The number of benzene rings is 3. The molecular formula is C25H18ClFN6. The molecule has 0 aliphatic heterocycles. The van der Waals surface area contributed by atoms with Crippen LogP contribution in [-0.4, -0.2) is 15.0 Å². The Kier molecular flexibility index (Phi) is 5.24. The Hall–Kier alpha value is -4.23. The van der Waals surface area contributed by atoms with Crippen molar-refractivity contribution in [2.24, 2.45) is 0 Å². The number of nitrogens with one attached hydrogen (secondary N) is 1. The van der Waals surface area contributed by atoms with E-state index < -0.39 is 0 Å². The average Bonchev–Trinajstić information content (AvgIpc) is 2.80. The lowest BCUT2D eigenvalue weighted by molar-refractivity contribution is 0.631. The molecule has 162 valence electrons. The van der Waals surface area contributed by atoms with Gasteiger partial charge in [0.1, 0.15) is 11.6 Å². The zero-order chi connectivity index (χ0) is 22.9. The summed E-state index contributed by atoms with van der Waals surface area (Å²) in [6.45, 7) is 0. The van der Waals surface area contributed by atoms with Gasteiger partial charge in [-0.05, 0) is 48.5 Å². The molecule has 8 heteroatoms. The summed E-state index contributed by atoms with van der Waals surface area (Å²) in [5.74, 6) is 0.0832. The molecule has 0 saturated heterocycles. The molecule has 33 heavy (non-hydrogen) atoms. The van der Waals surface area contributed by atoms with E-state index in [1.807, 2.05) is 48.5 Å². The first kappa shape index (κ1) is 20.7. The molecule has 5 N–H and O–H groups in total. The first-order valence-electron chi connectivity index (χ1n) is 10.1. The van der Waals surface area contributed by atoms with Gasteiger partial charge in [-0.3, -0.25) is 0 Å². The molecule has 2 heterocycles. The highest BCUT2D eigenvalue weighted by Gasteiger charge is 2.11. The molecule has 0 unspecified atom stereocenters. The van der Waals surface area contributed by atoms with Gasteiger partial charge in [0.05, 0.1) is 16.9 Å². The van der Waals surface area contributed by atoms with E-state index in [1.165, 1.54) is 6.07 Å². The third kappa shape index (κ3) is 4.26. The van der Waals surface area contributed by atoms with Gasteiger partial charge in [-0.1, -0.05) is 35.9 Å². The second kappa shape index (κ2) is 8.37. The predicted octanol–water partition coefficient (Wildman–Crippen LogP) is 6.06. The van der Waals surface area contributed by atoms with Crippen molar-refractivity contribution in [2.75, 3.05) is 16.8 Å². The monoisotopic (exact) mass is 456 g/mol. The first-order chi connectivity index (χ1) is 16.0. The number of anilines is 4. The van der Waals surface area contributed by atoms with E-state index in [2.05, 4.69) is 15.3 Å². The van der Waals surface area contributed by atoms with Crippen LogP contribution in [0.3, 0.4) is 0 Å². The smallest absolute Gasteiger partial charge is 0.222 e. The molecule has 2 aromatic heterocycles. The van der Waals surface area contributed by atoms with Crippen molar-refractivity contribution in [1.29, 1.82) is 0 Å². The second-order valence-corrected chi connectivity index (χ2v) is 7.87. The van der Waals surface area contributed by atoms with E-state index in [9.17, 15) is 4.39 Å². The van der Waals surface area contributed by atoms with E-state index >= 15 is 0 Å². The van der Waals surface area contributed by atoms with Gasteiger partial charge in [0.2, 0.25) is 5.95 Å². The van der Waals surface area contributed by atoms with Crippen molar-refractivity contribution >= 4 is 45.6 Å². The van der Waals surface area contributed by atoms with Crippen molar-refractivity contribution in [2.45, 2.75) is 0 Å². The summed E-state index contributed by atoms with van der Waals surface area (Å²) in [5, 5.41) is 4.64. The average molecular weight is 457 g/mol. The number of rotatable bonds is 4. The fourth-order valence-corrected chi connectivity index (χ4v) is 3.71. The summed E-state index contributed by atoms with van der Waals surface area (Å²) in [7, 11) is 0. The Morgan fingerprint density at radius 3 is 2.36 bits per heavy atom. The topological polar surface area (TPSA) is 103 Å². The zero-order valence-corrected chi connectivity index (χ0v) is 18.0. The van der Waals surface area contributed by atoms with Crippen LogP contribution in [0.5, 0.6) is 0 Å². The van der Waals surface area contributed by atoms with Crippen LogP contribution in [0.25, 0.3) is 33.4 Å². The van der Waals surface area contributed by atoms with E-state index in [4.69, 9.17) is 28.1 Å². The molecule has 0 radical (unpaired) electrons. The molecule has 0 amide bonds. The van der Waals surface area contributed by atoms with Gasteiger partial charge in [0.15, 0.2) is 0 Å². The maximum Gasteiger partial charge on any atom is 0.222 e. The molecule has 0 aliphatic rings. The van der Waals surface area contributed by atoms with Crippen molar-refractivity contribution < 1.29 is 4.39 Å². The minimum Gasteiger partial charge on any atom is -0.398 e. The van der Waals surface area contributed by atoms with Gasteiger partial charge < -0.3 is 16.8 Å². The number of aromatic nitrogens is 3. The summed E-state index contributed by atoms with van der Waals surface area (Å²) in [6, 6.07) is 22.9. The van der Waals surface area contributed by atoms with Crippen LogP contribution in [0, 0.1) is 5.82 Å². The molecular weight excluding hydrogens is 439 g/mol. The number of halogens is 2. The second-order valence-electron chi connectivity index (χ2n) is 7.44. The van der Waals surface area contributed by atoms with Crippen molar-refractivity contribution in [3.8, 4) is 22.5 Å². The number of hydrogen-bond donors (Lipinski definition) is 3.